The van der Waals surface area contributed by atoms with Crippen LogP contribution in [0.2, 0.25) is 10.0 Å². The Morgan fingerprint density at radius 2 is 1.62 bits per heavy atom. The maximum absolute atomic E-state index is 12.8. The lowest BCUT2D eigenvalue weighted by Crippen LogP contribution is -2.31. The molecule has 1 aliphatic heterocycles. The summed E-state index contributed by atoms with van der Waals surface area (Å²) in [5.74, 6) is -1.71. The minimum absolute atomic E-state index is 0.0725. The van der Waals surface area contributed by atoms with Crippen LogP contribution < -0.4 is 4.90 Å². The highest BCUT2D eigenvalue weighted by molar-refractivity contribution is 6.44. The van der Waals surface area contributed by atoms with E-state index in [1.807, 2.05) is 0 Å². The summed E-state index contributed by atoms with van der Waals surface area (Å²) in [6.45, 7) is 2.64. The van der Waals surface area contributed by atoms with Crippen molar-refractivity contribution in [2.45, 2.75) is 13.8 Å². The molecule has 0 saturated carbocycles. The van der Waals surface area contributed by atoms with Gasteiger partial charge in [0.05, 0.1) is 21.3 Å². The van der Waals surface area contributed by atoms with Gasteiger partial charge in [0.2, 0.25) is 5.91 Å². The standard InChI is InChI=1S/C19H13Cl2NO4/c1-9(23)11-4-6-16-13(7-11)17(19(26)22(16)10(2)24)18(25)12-3-5-14(20)15(21)8-12/h3-8,25H,1-2H3/b18-17-. The van der Waals surface area contributed by atoms with Gasteiger partial charge in [0.15, 0.2) is 5.78 Å². The number of aliphatic hydroxyl groups excluding tert-OH is 1. The maximum atomic E-state index is 12.8. The zero-order valence-electron chi connectivity index (χ0n) is 13.8. The SMILES string of the molecule is CC(=O)c1ccc2c(c1)/C(=C(/O)c1ccc(Cl)c(Cl)c1)C(=O)N2C(C)=O. The molecule has 7 heteroatoms. The quantitative estimate of drug-likeness (QED) is 0.465. The van der Waals surface area contributed by atoms with Crippen molar-refractivity contribution in [2.75, 3.05) is 4.90 Å². The van der Waals surface area contributed by atoms with Gasteiger partial charge in [0, 0.05) is 23.6 Å². The summed E-state index contributed by atoms with van der Waals surface area (Å²) in [6, 6.07) is 8.95. The molecule has 0 fully saturated rings. The molecular formula is C19H13Cl2NO4. The van der Waals surface area contributed by atoms with Gasteiger partial charge < -0.3 is 5.11 Å². The van der Waals surface area contributed by atoms with E-state index in [1.165, 1.54) is 50.2 Å². The molecule has 0 unspecified atom stereocenters. The Hall–Kier alpha value is -2.63. The van der Waals surface area contributed by atoms with E-state index in [9.17, 15) is 19.5 Å². The Morgan fingerprint density at radius 3 is 2.19 bits per heavy atom. The number of ketones is 1. The summed E-state index contributed by atoms with van der Waals surface area (Å²) >= 11 is 11.9. The second-order valence-corrected chi connectivity index (χ2v) is 6.61. The molecule has 2 aromatic rings. The third-order valence-corrected chi connectivity index (χ3v) is 4.81. The first-order valence-electron chi connectivity index (χ1n) is 7.61. The van der Waals surface area contributed by atoms with Gasteiger partial charge >= 0.3 is 0 Å². The summed E-state index contributed by atoms with van der Waals surface area (Å²) in [4.78, 5) is 37.4. The molecule has 1 N–H and O–H groups in total. The van der Waals surface area contributed by atoms with Gasteiger partial charge in [-0.1, -0.05) is 23.2 Å². The predicted molar refractivity (Wildman–Crippen MR) is 101 cm³/mol. The van der Waals surface area contributed by atoms with Crippen LogP contribution >= 0.6 is 23.2 Å². The van der Waals surface area contributed by atoms with Gasteiger partial charge in [-0.05, 0) is 43.3 Å². The van der Waals surface area contributed by atoms with Crippen LogP contribution in [0.4, 0.5) is 5.69 Å². The molecule has 5 nitrogen and oxygen atoms in total. The normalized spacial score (nSPS) is 15.1. The Morgan fingerprint density at radius 1 is 0.962 bits per heavy atom. The molecule has 2 amide bonds. The zero-order valence-corrected chi connectivity index (χ0v) is 15.4. The molecular weight excluding hydrogens is 377 g/mol. The maximum Gasteiger partial charge on any atom is 0.269 e. The largest absolute Gasteiger partial charge is 0.506 e. The number of hydrogen-bond acceptors (Lipinski definition) is 4. The number of imide groups is 1. The van der Waals surface area contributed by atoms with Crippen molar-refractivity contribution in [2.24, 2.45) is 0 Å². The van der Waals surface area contributed by atoms with Crippen molar-refractivity contribution in [3.05, 3.63) is 63.1 Å². The second kappa shape index (κ2) is 6.59. The lowest BCUT2D eigenvalue weighted by Gasteiger charge is -2.12. The fraction of sp³-hybridized carbons (Fsp3) is 0.105. The second-order valence-electron chi connectivity index (χ2n) is 5.80. The van der Waals surface area contributed by atoms with Crippen molar-refractivity contribution in [3.63, 3.8) is 0 Å². The average molecular weight is 390 g/mol. The number of hydrogen-bond donors (Lipinski definition) is 1. The Bertz CT molecular complexity index is 1010. The van der Waals surface area contributed by atoms with Crippen LogP contribution in [0.15, 0.2) is 36.4 Å². The van der Waals surface area contributed by atoms with Crippen molar-refractivity contribution in [1.82, 2.24) is 0 Å². The summed E-state index contributed by atoms with van der Waals surface area (Å²) in [5.41, 5.74) is 1.18. The number of carbonyl (C=O) groups is 3. The van der Waals surface area contributed by atoms with Gasteiger partial charge in [-0.15, -0.1) is 0 Å². The molecule has 0 atom stereocenters. The number of Topliss-reactive ketones (excluding diaryl/α,β-unsaturated/α-hetero) is 1. The average Bonchev–Trinajstić information content (AvgIpc) is 2.87. The van der Waals surface area contributed by atoms with E-state index in [0.29, 0.717) is 21.8 Å². The number of rotatable bonds is 2. The smallest absolute Gasteiger partial charge is 0.269 e. The zero-order chi connectivity index (χ0) is 19.2. The number of amides is 2. The lowest BCUT2D eigenvalue weighted by molar-refractivity contribution is -0.122. The molecule has 0 radical (unpaired) electrons. The molecule has 0 saturated heterocycles. The molecule has 3 rings (SSSR count). The summed E-state index contributed by atoms with van der Waals surface area (Å²) < 4.78 is 0. The minimum atomic E-state index is -0.670. The Labute approximate surface area is 159 Å². The number of carbonyl (C=O) groups excluding carboxylic acids is 3. The van der Waals surface area contributed by atoms with Crippen LogP contribution in [-0.4, -0.2) is 22.7 Å². The molecule has 0 aromatic heterocycles. The first-order valence-corrected chi connectivity index (χ1v) is 8.37. The van der Waals surface area contributed by atoms with Crippen LogP contribution in [0.5, 0.6) is 0 Å². The summed E-state index contributed by atoms with van der Waals surface area (Å²) in [6.07, 6.45) is 0. The predicted octanol–water partition coefficient (Wildman–Crippen LogP) is 4.52. The van der Waals surface area contributed by atoms with E-state index >= 15 is 0 Å². The van der Waals surface area contributed by atoms with Crippen LogP contribution in [0, 0.1) is 0 Å². The van der Waals surface area contributed by atoms with E-state index in [4.69, 9.17) is 23.2 Å². The van der Waals surface area contributed by atoms with Gasteiger partial charge in [-0.2, -0.15) is 0 Å². The third-order valence-electron chi connectivity index (χ3n) is 4.08. The van der Waals surface area contributed by atoms with Crippen LogP contribution in [0.25, 0.3) is 11.3 Å². The number of nitrogens with zero attached hydrogens (tertiary/aromatic N) is 1. The van der Waals surface area contributed by atoms with E-state index in [-0.39, 0.29) is 27.7 Å². The molecule has 0 bridgehead atoms. The van der Waals surface area contributed by atoms with E-state index in [1.54, 1.807) is 0 Å². The van der Waals surface area contributed by atoms with Crippen molar-refractivity contribution in [1.29, 1.82) is 0 Å². The van der Waals surface area contributed by atoms with Crippen molar-refractivity contribution < 1.29 is 19.5 Å². The topological polar surface area (TPSA) is 74.7 Å². The molecule has 26 heavy (non-hydrogen) atoms. The molecule has 2 aromatic carbocycles. The Kier molecular flexibility index (Phi) is 4.61. The first-order chi connectivity index (χ1) is 12.2. The van der Waals surface area contributed by atoms with Crippen LogP contribution in [0.1, 0.15) is 35.3 Å². The minimum Gasteiger partial charge on any atom is -0.506 e. The van der Waals surface area contributed by atoms with Gasteiger partial charge in [-0.25, -0.2) is 4.90 Å². The van der Waals surface area contributed by atoms with Crippen molar-refractivity contribution >= 4 is 57.8 Å². The lowest BCUT2D eigenvalue weighted by atomic mass is 9.99. The highest BCUT2D eigenvalue weighted by Crippen LogP contribution is 2.41. The fourth-order valence-corrected chi connectivity index (χ4v) is 3.11. The van der Waals surface area contributed by atoms with Gasteiger partial charge in [-0.3, -0.25) is 14.4 Å². The van der Waals surface area contributed by atoms with Gasteiger partial charge in [0.25, 0.3) is 5.91 Å². The monoisotopic (exact) mass is 389 g/mol. The van der Waals surface area contributed by atoms with E-state index in [2.05, 4.69) is 0 Å². The van der Waals surface area contributed by atoms with Crippen LogP contribution in [-0.2, 0) is 9.59 Å². The first kappa shape index (κ1) is 18.2. The summed E-state index contributed by atoms with van der Waals surface area (Å²) in [7, 11) is 0. The molecule has 0 spiro atoms. The van der Waals surface area contributed by atoms with Crippen molar-refractivity contribution in [3.8, 4) is 0 Å². The molecule has 0 aliphatic carbocycles. The number of fused-ring (bicyclic) bond motifs is 1. The molecule has 1 aliphatic rings. The number of halogens is 2. The van der Waals surface area contributed by atoms with E-state index < -0.39 is 11.8 Å². The summed E-state index contributed by atoms with van der Waals surface area (Å²) in [5, 5.41) is 11.2. The highest BCUT2D eigenvalue weighted by atomic mass is 35.5. The van der Waals surface area contributed by atoms with Gasteiger partial charge in [0.1, 0.15) is 5.76 Å². The number of anilines is 1. The fourth-order valence-electron chi connectivity index (χ4n) is 2.82. The van der Waals surface area contributed by atoms with Crippen LogP contribution in [0.3, 0.4) is 0 Å². The molecule has 132 valence electrons. The Balaban J connectivity index is 2.29. The van der Waals surface area contributed by atoms with E-state index in [0.717, 1.165) is 4.90 Å². The number of benzene rings is 2. The highest BCUT2D eigenvalue weighted by Gasteiger charge is 2.38. The number of aliphatic hydroxyl groups is 1. The third kappa shape index (κ3) is 2.89. The molecule has 1 heterocycles.